The predicted molar refractivity (Wildman–Crippen MR) is 86.4 cm³/mol. The standard InChI is InChI=1S/C16H15Br2FO/c1-9-3-12(4-10(2)16(9)18)15(20)7-11-5-13(17)8-14(19)6-11/h3-6,8,15,20H,7H2,1-2H3. The number of rotatable bonds is 3. The van der Waals surface area contributed by atoms with Crippen LogP contribution in [0.3, 0.4) is 0 Å². The highest BCUT2D eigenvalue weighted by atomic mass is 79.9. The highest BCUT2D eigenvalue weighted by Gasteiger charge is 2.12. The molecule has 1 unspecified atom stereocenters. The Morgan fingerprint density at radius 2 is 1.65 bits per heavy atom. The third-order valence-corrected chi connectivity index (χ3v) is 4.90. The number of halogens is 3. The van der Waals surface area contributed by atoms with E-state index in [-0.39, 0.29) is 5.82 Å². The molecule has 0 saturated heterocycles. The van der Waals surface area contributed by atoms with Gasteiger partial charge in [-0.3, -0.25) is 0 Å². The Labute approximate surface area is 135 Å². The predicted octanol–water partition coefficient (Wildman–Crippen LogP) is 5.24. The van der Waals surface area contributed by atoms with Gasteiger partial charge in [-0.25, -0.2) is 4.39 Å². The summed E-state index contributed by atoms with van der Waals surface area (Å²) in [5.74, 6) is -0.301. The molecule has 0 saturated carbocycles. The Hall–Kier alpha value is -0.710. The molecule has 1 nitrogen and oxygen atoms in total. The molecular weight excluding hydrogens is 387 g/mol. The topological polar surface area (TPSA) is 20.2 Å². The lowest BCUT2D eigenvalue weighted by molar-refractivity contribution is 0.178. The van der Waals surface area contributed by atoms with E-state index in [1.807, 2.05) is 32.0 Å². The van der Waals surface area contributed by atoms with E-state index in [4.69, 9.17) is 0 Å². The highest BCUT2D eigenvalue weighted by molar-refractivity contribution is 9.10. The molecular formula is C16H15Br2FO. The summed E-state index contributed by atoms with van der Waals surface area (Å²) >= 11 is 6.77. The van der Waals surface area contributed by atoms with Crippen molar-refractivity contribution in [3.8, 4) is 0 Å². The molecule has 0 amide bonds. The van der Waals surface area contributed by atoms with E-state index < -0.39 is 6.10 Å². The normalized spacial score (nSPS) is 12.5. The first-order chi connectivity index (χ1) is 9.36. The SMILES string of the molecule is Cc1cc(C(O)Cc2cc(F)cc(Br)c2)cc(C)c1Br. The van der Waals surface area contributed by atoms with Crippen LogP contribution < -0.4 is 0 Å². The average molecular weight is 402 g/mol. The minimum atomic E-state index is -0.644. The zero-order valence-electron chi connectivity index (χ0n) is 11.3. The van der Waals surface area contributed by atoms with Gasteiger partial charge in [-0.05, 0) is 54.3 Å². The summed E-state index contributed by atoms with van der Waals surface area (Å²) in [7, 11) is 0. The number of hydrogen-bond acceptors (Lipinski definition) is 1. The number of benzene rings is 2. The zero-order chi connectivity index (χ0) is 14.9. The molecule has 1 N–H and O–H groups in total. The van der Waals surface area contributed by atoms with E-state index in [9.17, 15) is 9.50 Å². The fourth-order valence-corrected chi connectivity index (χ4v) is 2.98. The smallest absolute Gasteiger partial charge is 0.124 e. The molecule has 0 bridgehead atoms. The van der Waals surface area contributed by atoms with Crippen molar-refractivity contribution in [3.63, 3.8) is 0 Å². The van der Waals surface area contributed by atoms with Crippen LogP contribution >= 0.6 is 31.9 Å². The van der Waals surface area contributed by atoms with E-state index in [1.54, 1.807) is 0 Å². The molecule has 0 radical (unpaired) electrons. The van der Waals surface area contributed by atoms with Crippen LogP contribution in [-0.2, 0) is 6.42 Å². The molecule has 0 spiro atoms. The first-order valence-corrected chi connectivity index (χ1v) is 7.85. The van der Waals surface area contributed by atoms with Gasteiger partial charge in [-0.15, -0.1) is 0 Å². The highest BCUT2D eigenvalue weighted by Crippen LogP contribution is 2.28. The third kappa shape index (κ3) is 3.68. The maximum absolute atomic E-state index is 13.3. The van der Waals surface area contributed by atoms with Crippen molar-refractivity contribution in [2.75, 3.05) is 0 Å². The molecule has 0 fully saturated rings. The fourth-order valence-electron chi connectivity index (χ4n) is 2.24. The monoisotopic (exact) mass is 400 g/mol. The van der Waals surface area contributed by atoms with E-state index in [0.29, 0.717) is 10.9 Å². The van der Waals surface area contributed by atoms with Gasteiger partial charge >= 0.3 is 0 Å². The van der Waals surface area contributed by atoms with Crippen LogP contribution in [0.4, 0.5) is 4.39 Å². The van der Waals surface area contributed by atoms with Crippen molar-refractivity contribution in [2.24, 2.45) is 0 Å². The van der Waals surface area contributed by atoms with Gasteiger partial charge in [0.1, 0.15) is 5.82 Å². The summed E-state index contributed by atoms with van der Waals surface area (Å²) in [5.41, 5.74) is 3.78. The summed E-state index contributed by atoms with van der Waals surface area (Å²) in [5, 5.41) is 10.3. The lowest BCUT2D eigenvalue weighted by Gasteiger charge is -2.14. The number of aliphatic hydroxyl groups excluding tert-OH is 1. The Morgan fingerprint density at radius 1 is 1.05 bits per heavy atom. The summed E-state index contributed by atoms with van der Waals surface area (Å²) in [6.45, 7) is 3.98. The summed E-state index contributed by atoms with van der Waals surface area (Å²) in [6, 6.07) is 8.59. The van der Waals surface area contributed by atoms with Crippen molar-refractivity contribution >= 4 is 31.9 Å². The van der Waals surface area contributed by atoms with E-state index in [0.717, 1.165) is 26.7 Å². The molecule has 1 atom stereocenters. The van der Waals surface area contributed by atoms with Gasteiger partial charge in [-0.2, -0.15) is 0 Å². The zero-order valence-corrected chi connectivity index (χ0v) is 14.4. The minimum Gasteiger partial charge on any atom is -0.388 e. The van der Waals surface area contributed by atoms with Crippen LogP contribution in [0.25, 0.3) is 0 Å². The number of hydrogen-bond donors (Lipinski definition) is 1. The number of aliphatic hydroxyl groups is 1. The molecule has 20 heavy (non-hydrogen) atoms. The lowest BCUT2D eigenvalue weighted by atomic mass is 9.98. The van der Waals surface area contributed by atoms with Crippen LogP contribution in [0.5, 0.6) is 0 Å². The molecule has 0 heterocycles. The molecule has 0 aliphatic carbocycles. The van der Waals surface area contributed by atoms with E-state index >= 15 is 0 Å². The van der Waals surface area contributed by atoms with E-state index in [2.05, 4.69) is 31.9 Å². The van der Waals surface area contributed by atoms with Crippen molar-refractivity contribution < 1.29 is 9.50 Å². The van der Waals surface area contributed by atoms with Crippen LogP contribution in [0.1, 0.15) is 28.4 Å². The van der Waals surface area contributed by atoms with Crippen LogP contribution in [0.15, 0.2) is 39.3 Å². The molecule has 4 heteroatoms. The quantitative estimate of drug-likeness (QED) is 0.745. The first kappa shape index (κ1) is 15.7. The molecule has 2 rings (SSSR count). The maximum Gasteiger partial charge on any atom is 0.124 e. The molecule has 0 aliphatic heterocycles. The van der Waals surface area contributed by atoms with Gasteiger partial charge in [0.15, 0.2) is 0 Å². The first-order valence-electron chi connectivity index (χ1n) is 6.26. The lowest BCUT2D eigenvalue weighted by Crippen LogP contribution is -2.03. The summed E-state index contributed by atoms with van der Waals surface area (Å²) in [6.07, 6.45) is -0.258. The second-order valence-corrected chi connectivity index (χ2v) is 6.67. The second kappa shape index (κ2) is 6.37. The summed E-state index contributed by atoms with van der Waals surface area (Å²) in [4.78, 5) is 0. The Morgan fingerprint density at radius 3 is 2.20 bits per heavy atom. The average Bonchev–Trinajstić information content (AvgIpc) is 2.33. The molecule has 0 aliphatic rings. The van der Waals surface area contributed by atoms with E-state index in [1.165, 1.54) is 12.1 Å². The van der Waals surface area contributed by atoms with Gasteiger partial charge < -0.3 is 5.11 Å². The second-order valence-electron chi connectivity index (χ2n) is 4.97. The largest absolute Gasteiger partial charge is 0.388 e. The van der Waals surface area contributed by atoms with Crippen molar-refractivity contribution in [1.29, 1.82) is 0 Å². The number of aryl methyl sites for hydroxylation is 2. The Kier molecular flexibility index (Phi) is 4.99. The van der Waals surface area contributed by atoms with Crippen molar-refractivity contribution in [3.05, 3.63) is 67.3 Å². The van der Waals surface area contributed by atoms with Crippen LogP contribution in [0, 0.1) is 19.7 Å². The Balaban J connectivity index is 2.25. The molecule has 0 aromatic heterocycles. The van der Waals surface area contributed by atoms with Gasteiger partial charge in [0, 0.05) is 15.4 Å². The van der Waals surface area contributed by atoms with Crippen LogP contribution in [-0.4, -0.2) is 5.11 Å². The van der Waals surface area contributed by atoms with Gasteiger partial charge in [-0.1, -0.05) is 44.0 Å². The third-order valence-electron chi connectivity index (χ3n) is 3.19. The Bertz CT molecular complexity index is 597. The van der Waals surface area contributed by atoms with Crippen LogP contribution in [0.2, 0.25) is 0 Å². The molecule has 2 aromatic rings. The van der Waals surface area contributed by atoms with Gasteiger partial charge in [0.2, 0.25) is 0 Å². The maximum atomic E-state index is 13.3. The summed E-state index contributed by atoms with van der Waals surface area (Å²) < 4.78 is 15.1. The van der Waals surface area contributed by atoms with Gasteiger partial charge in [0.05, 0.1) is 6.10 Å². The fraction of sp³-hybridized carbons (Fsp3) is 0.250. The van der Waals surface area contributed by atoms with Crippen molar-refractivity contribution in [1.82, 2.24) is 0 Å². The van der Waals surface area contributed by atoms with Crippen molar-refractivity contribution in [2.45, 2.75) is 26.4 Å². The molecule has 106 valence electrons. The molecule has 2 aromatic carbocycles. The minimum absolute atomic E-state index is 0.301. The van der Waals surface area contributed by atoms with Gasteiger partial charge in [0.25, 0.3) is 0 Å².